The molecule has 1 aromatic carbocycles. The molecule has 1 atom stereocenters. The highest BCUT2D eigenvalue weighted by molar-refractivity contribution is 7.88. The first kappa shape index (κ1) is 24.7. The van der Waals surface area contributed by atoms with Gasteiger partial charge in [0.05, 0.1) is 12.4 Å². The third-order valence-electron chi connectivity index (χ3n) is 4.20. The Morgan fingerprint density at radius 1 is 1.18 bits per heavy atom. The number of nitrogens with zero attached hydrogens (tertiary/aromatic N) is 1. The largest absolute Gasteiger partial charge is 0.491 e. The second kappa shape index (κ2) is 13.0. The van der Waals surface area contributed by atoms with E-state index in [1.165, 1.54) is 10.6 Å². The van der Waals surface area contributed by atoms with Gasteiger partial charge in [-0.05, 0) is 43.9 Å². The zero-order chi connectivity index (χ0) is 21.0. The molecule has 0 fully saturated rings. The summed E-state index contributed by atoms with van der Waals surface area (Å²) >= 11 is 5.87. The molecular formula is C19H30ClNO6S. The maximum Gasteiger partial charge on any atom is 0.303 e. The third kappa shape index (κ3) is 11.5. The van der Waals surface area contributed by atoms with Crippen molar-refractivity contribution in [3.05, 3.63) is 29.3 Å². The number of ether oxygens (including phenoxy) is 1. The zero-order valence-corrected chi connectivity index (χ0v) is 17.8. The van der Waals surface area contributed by atoms with Crippen molar-refractivity contribution in [1.82, 2.24) is 4.31 Å². The number of carbonyl (C=O) groups is 1. The monoisotopic (exact) mass is 435 g/mol. The van der Waals surface area contributed by atoms with Crippen molar-refractivity contribution < 1.29 is 28.2 Å². The van der Waals surface area contributed by atoms with Crippen LogP contribution in [0.5, 0.6) is 5.75 Å². The minimum absolute atomic E-state index is 0.114. The number of unbranched alkanes of at least 4 members (excludes halogenated alkanes) is 3. The summed E-state index contributed by atoms with van der Waals surface area (Å²) in [5.74, 6) is -0.233. The molecule has 9 heteroatoms. The fourth-order valence-electron chi connectivity index (χ4n) is 2.70. The standard InChI is InChI=1S/C19H30ClNO6S/c1-28(25,26)21(12-5-3-2-4-11-19(23)24)13-7-9-17(22)15-27-18-10-6-8-16(20)14-18/h6,8,10,14,17,22H,2-5,7,9,11-13,15H2,1H3,(H,23,24). The first-order valence-corrected chi connectivity index (χ1v) is 11.6. The van der Waals surface area contributed by atoms with E-state index in [0.717, 1.165) is 12.8 Å². The molecular weight excluding hydrogens is 406 g/mol. The second-order valence-corrected chi connectivity index (χ2v) is 9.20. The van der Waals surface area contributed by atoms with E-state index in [1.54, 1.807) is 24.3 Å². The minimum Gasteiger partial charge on any atom is -0.491 e. The molecule has 0 spiro atoms. The van der Waals surface area contributed by atoms with Crippen LogP contribution < -0.4 is 4.74 Å². The van der Waals surface area contributed by atoms with Crippen molar-refractivity contribution in [2.75, 3.05) is 26.0 Å². The average Bonchev–Trinajstić information content (AvgIpc) is 2.60. The predicted octanol–water partition coefficient (Wildman–Crippen LogP) is 3.16. The van der Waals surface area contributed by atoms with Crippen molar-refractivity contribution in [2.45, 2.75) is 51.0 Å². The van der Waals surface area contributed by atoms with Crippen LogP contribution in [-0.2, 0) is 14.8 Å². The van der Waals surface area contributed by atoms with Gasteiger partial charge in [0, 0.05) is 24.5 Å². The number of halogens is 1. The quantitative estimate of drug-likeness (QED) is 0.410. The van der Waals surface area contributed by atoms with Crippen LogP contribution in [0.2, 0.25) is 5.02 Å². The van der Waals surface area contributed by atoms with Crippen molar-refractivity contribution in [3.63, 3.8) is 0 Å². The summed E-state index contributed by atoms with van der Waals surface area (Å²) in [6.07, 6.45) is 4.41. The maximum atomic E-state index is 11.9. The molecule has 0 saturated carbocycles. The second-order valence-electron chi connectivity index (χ2n) is 6.78. The van der Waals surface area contributed by atoms with Crippen LogP contribution in [-0.4, -0.2) is 61.0 Å². The van der Waals surface area contributed by atoms with E-state index in [0.29, 0.717) is 49.5 Å². The molecule has 0 aliphatic rings. The molecule has 7 nitrogen and oxygen atoms in total. The SMILES string of the molecule is CS(=O)(=O)N(CCCCCCC(=O)O)CCCC(O)COc1cccc(Cl)c1. The topological polar surface area (TPSA) is 104 Å². The molecule has 0 saturated heterocycles. The Hall–Kier alpha value is -1.35. The fraction of sp³-hybridized carbons (Fsp3) is 0.632. The van der Waals surface area contributed by atoms with Gasteiger partial charge in [0.2, 0.25) is 10.0 Å². The summed E-state index contributed by atoms with van der Waals surface area (Å²) in [4.78, 5) is 10.5. The van der Waals surface area contributed by atoms with Crippen LogP contribution in [0.25, 0.3) is 0 Å². The Kier molecular flexibility index (Phi) is 11.4. The lowest BCUT2D eigenvalue weighted by atomic mass is 10.1. The highest BCUT2D eigenvalue weighted by atomic mass is 35.5. The van der Waals surface area contributed by atoms with Gasteiger partial charge in [0.1, 0.15) is 12.4 Å². The molecule has 0 aliphatic carbocycles. The van der Waals surface area contributed by atoms with Crippen LogP contribution in [0, 0.1) is 0 Å². The Bertz CT molecular complexity index is 697. The van der Waals surface area contributed by atoms with Crippen LogP contribution >= 0.6 is 11.6 Å². The van der Waals surface area contributed by atoms with Crippen molar-refractivity contribution in [3.8, 4) is 5.75 Å². The molecule has 2 N–H and O–H groups in total. The van der Waals surface area contributed by atoms with Gasteiger partial charge in [0.15, 0.2) is 0 Å². The average molecular weight is 436 g/mol. The van der Waals surface area contributed by atoms with E-state index < -0.39 is 22.1 Å². The first-order valence-electron chi connectivity index (χ1n) is 9.42. The van der Waals surface area contributed by atoms with E-state index in [1.807, 2.05) is 0 Å². The van der Waals surface area contributed by atoms with Crippen molar-refractivity contribution in [2.24, 2.45) is 0 Å². The Labute approximate surface area is 172 Å². The summed E-state index contributed by atoms with van der Waals surface area (Å²) in [5.41, 5.74) is 0. The molecule has 0 amide bonds. The van der Waals surface area contributed by atoms with Gasteiger partial charge in [-0.25, -0.2) is 12.7 Å². The Morgan fingerprint density at radius 3 is 2.50 bits per heavy atom. The van der Waals surface area contributed by atoms with Crippen LogP contribution in [0.4, 0.5) is 0 Å². The number of rotatable bonds is 15. The predicted molar refractivity (Wildman–Crippen MR) is 109 cm³/mol. The van der Waals surface area contributed by atoms with Gasteiger partial charge < -0.3 is 14.9 Å². The van der Waals surface area contributed by atoms with Crippen molar-refractivity contribution >= 4 is 27.6 Å². The van der Waals surface area contributed by atoms with Gasteiger partial charge in [-0.15, -0.1) is 0 Å². The number of aliphatic hydroxyl groups is 1. The summed E-state index contributed by atoms with van der Waals surface area (Å²) in [6, 6.07) is 6.91. The lowest BCUT2D eigenvalue weighted by Gasteiger charge is -2.20. The Balaban J connectivity index is 2.27. The normalized spacial score (nSPS) is 12.9. The van der Waals surface area contributed by atoms with Gasteiger partial charge in [-0.3, -0.25) is 4.79 Å². The van der Waals surface area contributed by atoms with Gasteiger partial charge >= 0.3 is 5.97 Å². The number of sulfonamides is 1. The number of hydrogen-bond acceptors (Lipinski definition) is 5. The molecule has 1 unspecified atom stereocenters. The third-order valence-corrected chi connectivity index (χ3v) is 5.74. The molecule has 0 bridgehead atoms. The molecule has 28 heavy (non-hydrogen) atoms. The molecule has 1 aromatic rings. The number of hydrogen-bond donors (Lipinski definition) is 2. The van der Waals surface area contributed by atoms with E-state index in [9.17, 15) is 18.3 Å². The van der Waals surface area contributed by atoms with Crippen LogP contribution in [0.15, 0.2) is 24.3 Å². The first-order chi connectivity index (χ1) is 13.2. The van der Waals surface area contributed by atoms with E-state index in [4.69, 9.17) is 21.4 Å². The smallest absolute Gasteiger partial charge is 0.303 e. The number of benzene rings is 1. The van der Waals surface area contributed by atoms with E-state index >= 15 is 0 Å². The number of aliphatic hydroxyl groups excluding tert-OH is 1. The highest BCUT2D eigenvalue weighted by Gasteiger charge is 2.16. The Morgan fingerprint density at radius 2 is 1.86 bits per heavy atom. The van der Waals surface area contributed by atoms with Gasteiger partial charge in [-0.2, -0.15) is 0 Å². The molecule has 160 valence electrons. The van der Waals surface area contributed by atoms with Gasteiger partial charge in [0.25, 0.3) is 0 Å². The summed E-state index contributed by atoms with van der Waals surface area (Å²) in [6.45, 7) is 0.853. The van der Waals surface area contributed by atoms with Crippen LogP contribution in [0.3, 0.4) is 0 Å². The lowest BCUT2D eigenvalue weighted by Crippen LogP contribution is -2.32. The number of carboxylic acids is 1. The highest BCUT2D eigenvalue weighted by Crippen LogP contribution is 2.17. The molecule has 0 aliphatic heterocycles. The van der Waals surface area contributed by atoms with Gasteiger partial charge in [-0.1, -0.05) is 30.5 Å². The molecule has 0 heterocycles. The summed E-state index contributed by atoms with van der Waals surface area (Å²) in [5, 5.41) is 19.2. The minimum atomic E-state index is -3.32. The molecule has 1 rings (SSSR count). The zero-order valence-electron chi connectivity index (χ0n) is 16.2. The molecule has 0 radical (unpaired) electrons. The van der Waals surface area contributed by atoms with Crippen LogP contribution in [0.1, 0.15) is 44.9 Å². The maximum absolute atomic E-state index is 11.9. The fourth-order valence-corrected chi connectivity index (χ4v) is 3.80. The molecule has 0 aromatic heterocycles. The van der Waals surface area contributed by atoms with E-state index in [2.05, 4.69) is 0 Å². The van der Waals surface area contributed by atoms with E-state index in [-0.39, 0.29) is 13.0 Å². The number of aliphatic carboxylic acids is 1. The summed E-state index contributed by atoms with van der Waals surface area (Å²) in [7, 11) is -3.32. The number of carboxylic acid groups (broad SMARTS) is 1. The lowest BCUT2D eigenvalue weighted by molar-refractivity contribution is -0.137. The van der Waals surface area contributed by atoms with Crippen molar-refractivity contribution in [1.29, 1.82) is 0 Å². The summed E-state index contributed by atoms with van der Waals surface area (Å²) < 4.78 is 30.7.